The third-order valence-corrected chi connectivity index (χ3v) is 2.95. The summed E-state index contributed by atoms with van der Waals surface area (Å²) in [5.41, 5.74) is -0.495. The van der Waals surface area contributed by atoms with Crippen molar-refractivity contribution in [2.45, 2.75) is 64.5 Å². The maximum absolute atomic E-state index is 11.7. The molecule has 0 bridgehead atoms. The maximum atomic E-state index is 11.7. The van der Waals surface area contributed by atoms with Crippen molar-refractivity contribution in [2.75, 3.05) is 0 Å². The van der Waals surface area contributed by atoms with Crippen LogP contribution in [0.2, 0.25) is 0 Å². The monoisotopic (exact) mass is 241 g/mol. The predicted octanol–water partition coefficient (Wildman–Crippen LogP) is 2.66. The number of hydrogen-bond acceptors (Lipinski definition) is 3. The quantitative estimate of drug-likeness (QED) is 0.597. The number of carbonyl (C=O) groups is 2. The van der Waals surface area contributed by atoms with E-state index in [-0.39, 0.29) is 12.0 Å². The van der Waals surface area contributed by atoms with Gasteiger partial charge in [0, 0.05) is 12.0 Å². The molecule has 0 saturated heterocycles. The third kappa shape index (κ3) is 5.20. The molecule has 0 unspecified atom stereocenters. The maximum Gasteiger partial charge on any atom is 0.407 e. The van der Waals surface area contributed by atoms with E-state index in [2.05, 4.69) is 5.32 Å². The molecule has 0 spiro atoms. The molecule has 0 radical (unpaired) electrons. The average molecular weight is 241 g/mol. The van der Waals surface area contributed by atoms with Crippen molar-refractivity contribution >= 4 is 12.4 Å². The Morgan fingerprint density at radius 1 is 1.24 bits per heavy atom. The zero-order chi connectivity index (χ0) is 12.9. The second-order valence-corrected chi connectivity index (χ2v) is 5.69. The van der Waals surface area contributed by atoms with Crippen LogP contribution in [0.1, 0.15) is 52.9 Å². The summed E-state index contributed by atoms with van der Waals surface area (Å²) in [7, 11) is 0. The lowest BCUT2D eigenvalue weighted by molar-refractivity contribution is -0.112. The lowest BCUT2D eigenvalue weighted by Crippen LogP contribution is -2.43. The Hall–Kier alpha value is -1.06. The van der Waals surface area contributed by atoms with Gasteiger partial charge in [0.1, 0.15) is 11.9 Å². The third-order valence-electron chi connectivity index (χ3n) is 2.95. The van der Waals surface area contributed by atoms with Crippen molar-refractivity contribution in [1.82, 2.24) is 5.32 Å². The van der Waals surface area contributed by atoms with Crippen LogP contribution >= 0.6 is 0 Å². The SMILES string of the molecule is CC(C)(C)OC(=O)N[C@H]1CCCCC[C@@H]1C=O. The molecule has 0 aromatic carbocycles. The Balaban J connectivity index is 2.52. The van der Waals surface area contributed by atoms with Gasteiger partial charge in [-0.1, -0.05) is 19.3 Å². The van der Waals surface area contributed by atoms with Gasteiger partial charge in [0.05, 0.1) is 0 Å². The van der Waals surface area contributed by atoms with E-state index in [4.69, 9.17) is 4.74 Å². The normalized spacial score (nSPS) is 25.8. The van der Waals surface area contributed by atoms with Gasteiger partial charge < -0.3 is 14.8 Å². The van der Waals surface area contributed by atoms with Crippen LogP contribution in [0.15, 0.2) is 0 Å². The zero-order valence-electron chi connectivity index (χ0n) is 11.0. The zero-order valence-corrected chi connectivity index (χ0v) is 11.0. The molecule has 17 heavy (non-hydrogen) atoms. The smallest absolute Gasteiger partial charge is 0.407 e. The van der Waals surface area contributed by atoms with Gasteiger partial charge in [-0.3, -0.25) is 0 Å². The van der Waals surface area contributed by atoms with Crippen LogP contribution in [-0.2, 0) is 9.53 Å². The van der Waals surface area contributed by atoms with Crippen molar-refractivity contribution in [2.24, 2.45) is 5.92 Å². The van der Waals surface area contributed by atoms with Gasteiger partial charge in [0.15, 0.2) is 0 Å². The van der Waals surface area contributed by atoms with Crippen LogP contribution in [0.3, 0.4) is 0 Å². The van der Waals surface area contributed by atoms with E-state index in [1.165, 1.54) is 0 Å². The van der Waals surface area contributed by atoms with Crippen LogP contribution < -0.4 is 5.32 Å². The minimum Gasteiger partial charge on any atom is -0.444 e. The Kier molecular flexibility index (Phi) is 4.97. The Morgan fingerprint density at radius 3 is 2.47 bits per heavy atom. The van der Waals surface area contributed by atoms with E-state index in [1.54, 1.807) is 0 Å². The first kappa shape index (κ1) is 14.0. The fraction of sp³-hybridized carbons (Fsp3) is 0.846. The molecule has 98 valence electrons. The van der Waals surface area contributed by atoms with Gasteiger partial charge >= 0.3 is 6.09 Å². The average Bonchev–Trinajstić information content (AvgIpc) is 2.39. The largest absolute Gasteiger partial charge is 0.444 e. The molecule has 0 heterocycles. The molecule has 4 heteroatoms. The first-order valence-corrected chi connectivity index (χ1v) is 6.37. The minimum atomic E-state index is -0.495. The highest BCUT2D eigenvalue weighted by Crippen LogP contribution is 2.22. The van der Waals surface area contributed by atoms with Gasteiger partial charge in [-0.2, -0.15) is 0 Å². The summed E-state index contributed by atoms with van der Waals surface area (Å²) in [5, 5.41) is 2.82. The van der Waals surface area contributed by atoms with Crippen molar-refractivity contribution < 1.29 is 14.3 Å². The number of rotatable bonds is 2. The first-order valence-electron chi connectivity index (χ1n) is 6.37. The van der Waals surface area contributed by atoms with Crippen LogP contribution in [0.5, 0.6) is 0 Å². The summed E-state index contributed by atoms with van der Waals surface area (Å²) >= 11 is 0. The molecule has 1 rings (SSSR count). The second-order valence-electron chi connectivity index (χ2n) is 5.69. The van der Waals surface area contributed by atoms with Crippen LogP contribution in [-0.4, -0.2) is 24.0 Å². The summed E-state index contributed by atoms with van der Waals surface area (Å²) in [6, 6.07) is -0.0650. The Bertz CT molecular complexity index is 270. The molecule has 1 amide bonds. The van der Waals surface area contributed by atoms with Crippen molar-refractivity contribution in [3.8, 4) is 0 Å². The van der Waals surface area contributed by atoms with Crippen molar-refractivity contribution in [1.29, 1.82) is 0 Å². The number of hydrogen-bond donors (Lipinski definition) is 1. The van der Waals surface area contributed by atoms with E-state index in [0.717, 1.165) is 38.4 Å². The van der Waals surface area contributed by atoms with E-state index >= 15 is 0 Å². The highest BCUT2D eigenvalue weighted by Gasteiger charge is 2.26. The minimum absolute atomic E-state index is 0.0648. The standard InChI is InChI=1S/C13H23NO3/c1-13(2,3)17-12(16)14-11-8-6-4-5-7-10(11)9-15/h9-11H,4-8H2,1-3H3,(H,14,16)/t10-,11+/m1/s1. The molecule has 0 aliphatic heterocycles. The number of ether oxygens (including phenoxy) is 1. The molecule has 1 fully saturated rings. The molecule has 1 aliphatic rings. The highest BCUT2D eigenvalue weighted by atomic mass is 16.6. The molecule has 1 saturated carbocycles. The van der Waals surface area contributed by atoms with Gasteiger partial charge in [-0.05, 0) is 33.6 Å². The van der Waals surface area contributed by atoms with Gasteiger partial charge in [0.25, 0.3) is 0 Å². The molecule has 1 N–H and O–H groups in total. The fourth-order valence-corrected chi connectivity index (χ4v) is 2.14. The Labute approximate surface area is 103 Å². The van der Waals surface area contributed by atoms with Gasteiger partial charge in [-0.15, -0.1) is 0 Å². The molecular weight excluding hydrogens is 218 g/mol. The van der Waals surface area contributed by atoms with E-state index in [0.29, 0.717) is 0 Å². The molecule has 2 atom stereocenters. The van der Waals surface area contributed by atoms with Crippen molar-refractivity contribution in [3.63, 3.8) is 0 Å². The number of aldehydes is 1. The number of nitrogens with one attached hydrogen (secondary N) is 1. The van der Waals surface area contributed by atoms with Crippen LogP contribution in [0.25, 0.3) is 0 Å². The van der Waals surface area contributed by atoms with E-state index in [9.17, 15) is 9.59 Å². The molecular formula is C13H23NO3. The summed E-state index contributed by atoms with van der Waals surface area (Å²) in [6.07, 6.45) is 5.54. The first-order chi connectivity index (χ1) is 7.92. The molecule has 1 aliphatic carbocycles. The summed E-state index contributed by atoms with van der Waals surface area (Å²) < 4.78 is 5.21. The van der Waals surface area contributed by atoms with Crippen molar-refractivity contribution in [3.05, 3.63) is 0 Å². The molecule has 4 nitrogen and oxygen atoms in total. The van der Waals surface area contributed by atoms with Crippen LogP contribution in [0.4, 0.5) is 4.79 Å². The fourth-order valence-electron chi connectivity index (χ4n) is 2.14. The lowest BCUT2D eigenvalue weighted by Gasteiger charge is -2.25. The van der Waals surface area contributed by atoms with E-state index < -0.39 is 11.7 Å². The van der Waals surface area contributed by atoms with Gasteiger partial charge in [0.2, 0.25) is 0 Å². The van der Waals surface area contributed by atoms with Crippen LogP contribution in [0, 0.1) is 5.92 Å². The molecule has 0 aromatic rings. The Morgan fingerprint density at radius 2 is 1.88 bits per heavy atom. The second kappa shape index (κ2) is 6.03. The number of alkyl carbamates (subject to hydrolysis) is 1. The predicted molar refractivity (Wildman–Crippen MR) is 65.8 cm³/mol. The lowest BCUT2D eigenvalue weighted by atomic mass is 9.96. The molecule has 0 aromatic heterocycles. The summed E-state index contributed by atoms with van der Waals surface area (Å²) in [6.45, 7) is 5.49. The highest BCUT2D eigenvalue weighted by molar-refractivity contribution is 5.69. The van der Waals surface area contributed by atoms with E-state index in [1.807, 2.05) is 20.8 Å². The summed E-state index contributed by atoms with van der Waals surface area (Å²) in [5.74, 6) is -0.0648. The topological polar surface area (TPSA) is 55.4 Å². The number of carbonyl (C=O) groups excluding carboxylic acids is 2. The number of amides is 1. The summed E-state index contributed by atoms with van der Waals surface area (Å²) in [4.78, 5) is 22.6. The van der Waals surface area contributed by atoms with Gasteiger partial charge in [-0.25, -0.2) is 4.79 Å².